The molecule has 2 aliphatic heterocycles. The second-order valence-electron chi connectivity index (χ2n) is 6.35. The number of amides is 2. The second-order valence-corrected chi connectivity index (χ2v) is 7.48. The number of urea groups is 1. The molecule has 0 spiro atoms. The van der Waals surface area contributed by atoms with Crippen LogP contribution in [0.15, 0.2) is 59.9 Å². The molecule has 2 aliphatic rings. The summed E-state index contributed by atoms with van der Waals surface area (Å²) in [6.07, 6.45) is 3.14. The van der Waals surface area contributed by atoms with E-state index >= 15 is 0 Å². The number of nitrogens with one attached hydrogen (secondary N) is 1. The summed E-state index contributed by atoms with van der Waals surface area (Å²) >= 11 is 1.15. The van der Waals surface area contributed by atoms with Crippen molar-refractivity contribution in [1.29, 1.82) is 0 Å². The van der Waals surface area contributed by atoms with Crippen molar-refractivity contribution in [2.75, 3.05) is 4.90 Å². The summed E-state index contributed by atoms with van der Waals surface area (Å²) in [7, 11) is 0. The Labute approximate surface area is 168 Å². The van der Waals surface area contributed by atoms with Crippen molar-refractivity contribution in [3.8, 4) is 11.6 Å². The van der Waals surface area contributed by atoms with Gasteiger partial charge in [-0.2, -0.15) is 5.10 Å². The molecule has 144 valence electrons. The maximum Gasteiger partial charge on any atom is 0.327 e. The van der Waals surface area contributed by atoms with Gasteiger partial charge in [0, 0.05) is 24.0 Å². The SMILES string of the molecule is O=C(O)C1Sc2nccc3c2C1NC(=O)N3c1ccc(Oc2cccnn2)cc1. The molecule has 0 aliphatic carbocycles. The summed E-state index contributed by atoms with van der Waals surface area (Å²) in [4.78, 5) is 30.2. The smallest absolute Gasteiger partial charge is 0.327 e. The summed E-state index contributed by atoms with van der Waals surface area (Å²) in [5.74, 6) is -0.0725. The van der Waals surface area contributed by atoms with Gasteiger partial charge in [-0.3, -0.25) is 9.69 Å². The Balaban J connectivity index is 1.48. The van der Waals surface area contributed by atoms with Gasteiger partial charge < -0.3 is 15.2 Å². The first-order valence-electron chi connectivity index (χ1n) is 8.66. The Kier molecular flexibility index (Phi) is 4.06. The predicted octanol–water partition coefficient (Wildman–Crippen LogP) is 3.13. The molecule has 4 heterocycles. The number of carboxylic acid groups (broad SMARTS) is 1. The van der Waals surface area contributed by atoms with Crippen molar-refractivity contribution in [1.82, 2.24) is 20.5 Å². The third kappa shape index (κ3) is 2.93. The van der Waals surface area contributed by atoms with Crippen LogP contribution >= 0.6 is 11.8 Å². The maximum atomic E-state index is 12.8. The molecule has 2 N–H and O–H groups in total. The van der Waals surface area contributed by atoms with Gasteiger partial charge in [-0.15, -0.1) is 5.10 Å². The van der Waals surface area contributed by atoms with Crippen LogP contribution in [-0.4, -0.2) is 37.5 Å². The molecule has 0 saturated heterocycles. The number of nitrogens with zero attached hydrogens (tertiary/aromatic N) is 4. The zero-order chi connectivity index (χ0) is 20.0. The Hall–Kier alpha value is -3.66. The fraction of sp³-hybridized carbons (Fsp3) is 0.105. The van der Waals surface area contributed by atoms with Gasteiger partial charge in [0.2, 0.25) is 5.88 Å². The number of aliphatic carboxylic acids is 1. The lowest BCUT2D eigenvalue weighted by molar-refractivity contribution is -0.136. The van der Waals surface area contributed by atoms with Crippen LogP contribution in [0.2, 0.25) is 0 Å². The number of pyridine rings is 1. The molecule has 1 aromatic carbocycles. The van der Waals surface area contributed by atoms with Crippen LogP contribution in [0.5, 0.6) is 11.6 Å². The molecule has 2 unspecified atom stereocenters. The van der Waals surface area contributed by atoms with Crippen LogP contribution in [0.4, 0.5) is 16.2 Å². The molecule has 29 heavy (non-hydrogen) atoms. The molecule has 0 saturated carbocycles. The molecule has 0 radical (unpaired) electrons. The molecule has 2 aromatic heterocycles. The Morgan fingerprint density at radius 2 is 2.00 bits per heavy atom. The van der Waals surface area contributed by atoms with Gasteiger partial charge in [0.15, 0.2) is 0 Å². The molecule has 2 atom stereocenters. The van der Waals surface area contributed by atoms with E-state index in [1.807, 2.05) is 0 Å². The Morgan fingerprint density at radius 3 is 2.72 bits per heavy atom. The zero-order valence-electron chi connectivity index (χ0n) is 14.7. The highest BCUT2D eigenvalue weighted by molar-refractivity contribution is 8.00. The summed E-state index contributed by atoms with van der Waals surface area (Å²) in [5, 5.41) is 19.7. The quantitative estimate of drug-likeness (QED) is 0.677. The number of ether oxygens (including phenoxy) is 1. The monoisotopic (exact) mass is 407 g/mol. The van der Waals surface area contributed by atoms with Crippen molar-refractivity contribution in [2.45, 2.75) is 16.3 Å². The second kappa shape index (κ2) is 6.74. The van der Waals surface area contributed by atoms with Gasteiger partial charge in [0.1, 0.15) is 16.0 Å². The van der Waals surface area contributed by atoms with E-state index in [2.05, 4.69) is 20.5 Å². The third-order valence-electron chi connectivity index (χ3n) is 4.61. The summed E-state index contributed by atoms with van der Waals surface area (Å²) in [6, 6.07) is 11.1. The van der Waals surface area contributed by atoms with E-state index in [0.29, 0.717) is 28.0 Å². The predicted molar refractivity (Wildman–Crippen MR) is 103 cm³/mol. The topological polar surface area (TPSA) is 118 Å². The van der Waals surface area contributed by atoms with E-state index in [1.54, 1.807) is 54.9 Å². The van der Waals surface area contributed by atoms with E-state index in [4.69, 9.17) is 4.74 Å². The first kappa shape index (κ1) is 17.4. The lowest BCUT2D eigenvalue weighted by Crippen LogP contribution is -2.47. The first-order valence-corrected chi connectivity index (χ1v) is 9.54. The van der Waals surface area contributed by atoms with E-state index in [1.165, 1.54) is 4.90 Å². The van der Waals surface area contributed by atoms with Crippen LogP contribution < -0.4 is 15.0 Å². The lowest BCUT2D eigenvalue weighted by atomic mass is 10.0. The number of hydrogen-bond donors (Lipinski definition) is 2. The number of hydrogen-bond acceptors (Lipinski definition) is 7. The minimum atomic E-state index is -0.983. The van der Waals surface area contributed by atoms with Gasteiger partial charge in [0.25, 0.3) is 0 Å². The number of carbonyl (C=O) groups is 2. The standard InChI is InChI=1S/C19H13N5O4S/c25-18(26)16-15-14-12(7-9-20-17(14)29-16)24(19(27)22-15)10-3-5-11(6-4-10)28-13-2-1-8-21-23-13/h1-9,15-16H,(H,22,27)(H,25,26). The van der Waals surface area contributed by atoms with Gasteiger partial charge >= 0.3 is 12.0 Å². The summed E-state index contributed by atoms with van der Waals surface area (Å²) in [6.45, 7) is 0. The number of benzene rings is 1. The largest absolute Gasteiger partial charge is 0.480 e. The average Bonchev–Trinajstić information content (AvgIpc) is 3.10. The van der Waals surface area contributed by atoms with Crippen molar-refractivity contribution < 1.29 is 19.4 Å². The molecule has 3 aromatic rings. The van der Waals surface area contributed by atoms with Gasteiger partial charge in [-0.1, -0.05) is 11.8 Å². The van der Waals surface area contributed by atoms with Crippen molar-refractivity contribution >= 4 is 35.1 Å². The Morgan fingerprint density at radius 1 is 1.17 bits per heavy atom. The molecular weight excluding hydrogens is 394 g/mol. The Bertz CT molecular complexity index is 1110. The number of carbonyl (C=O) groups excluding carboxylic acids is 1. The first-order chi connectivity index (χ1) is 14.1. The molecule has 0 bridgehead atoms. The molecule has 0 fully saturated rings. The molecule has 10 heteroatoms. The average molecular weight is 407 g/mol. The van der Waals surface area contributed by atoms with E-state index in [0.717, 1.165) is 17.3 Å². The molecular formula is C19H13N5O4S. The number of aromatic nitrogens is 3. The third-order valence-corrected chi connectivity index (χ3v) is 5.89. The highest BCUT2D eigenvalue weighted by Crippen LogP contribution is 2.50. The van der Waals surface area contributed by atoms with Crippen molar-refractivity contribution in [3.63, 3.8) is 0 Å². The summed E-state index contributed by atoms with van der Waals surface area (Å²) < 4.78 is 5.63. The van der Waals surface area contributed by atoms with E-state index < -0.39 is 23.3 Å². The minimum Gasteiger partial charge on any atom is -0.480 e. The number of carboxylic acids is 1. The minimum absolute atomic E-state index is 0.363. The lowest BCUT2D eigenvalue weighted by Gasteiger charge is -2.33. The van der Waals surface area contributed by atoms with E-state index in [-0.39, 0.29) is 0 Å². The number of anilines is 2. The zero-order valence-corrected chi connectivity index (χ0v) is 15.5. The highest BCUT2D eigenvalue weighted by atomic mass is 32.2. The number of rotatable bonds is 4. The van der Waals surface area contributed by atoms with Crippen molar-refractivity contribution in [2.24, 2.45) is 0 Å². The van der Waals surface area contributed by atoms with Crippen LogP contribution in [0.25, 0.3) is 0 Å². The highest BCUT2D eigenvalue weighted by Gasteiger charge is 2.46. The van der Waals surface area contributed by atoms with E-state index in [9.17, 15) is 14.7 Å². The summed E-state index contributed by atoms with van der Waals surface area (Å²) in [5.41, 5.74) is 1.97. The fourth-order valence-corrected chi connectivity index (χ4v) is 4.56. The van der Waals surface area contributed by atoms with Crippen LogP contribution in [-0.2, 0) is 4.79 Å². The van der Waals surface area contributed by atoms with Crippen LogP contribution in [0.3, 0.4) is 0 Å². The van der Waals surface area contributed by atoms with Crippen LogP contribution in [0, 0.1) is 0 Å². The number of thioether (sulfide) groups is 1. The van der Waals surface area contributed by atoms with Gasteiger partial charge in [0.05, 0.1) is 17.4 Å². The molecule has 2 amide bonds. The van der Waals surface area contributed by atoms with Gasteiger partial charge in [-0.25, -0.2) is 9.78 Å². The molecule has 9 nitrogen and oxygen atoms in total. The maximum absolute atomic E-state index is 12.8. The van der Waals surface area contributed by atoms with Crippen LogP contribution in [0.1, 0.15) is 11.6 Å². The van der Waals surface area contributed by atoms with Crippen molar-refractivity contribution in [3.05, 3.63) is 60.4 Å². The fourth-order valence-electron chi connectivity index (χ4n) is 3.40. The normalized spacial score (nSPS) is 19.4. The molecule has 5 rings (SSSR count). The van der Waals surface area contributed by atoms with Gasteiger partial charge in [-0.05, 0) is 36.4 Å².